The molecule has 21 heavy (non-hydrogen) atoms. The summed E-state index contributed by atoms with van der Waals surface area (Å²) in [5, 5.41) is 6.18. The fraction of sp³-hybridized carbons (Fsp3) is 0.0667. The average molecular weight is 304 g/mol. The van der Waals surface area contributed by atoms with Crippen LogP contribution in [0.2, 0.25) is 0 Å². The molecule has 6 heteroatoms. The SMILES string of the molecule is Cc1ccsc1-c1nn(-c2ccc(F)cc2F)cc1C=O. The van der Waals surface area contributed by atoms with E-state index in [0.29, 0.717) is 17.5 Å². The lowest BCUT2D eigenvalue weighted by molar-refractivity contribution is 0.112. The van der Waals surface area contributed by atoms with E-state index in [0.717, 1.165) is 22.6 Å². The van der Waals surface area contributed by atoms with Crippen LogP contribution in [0.4, 0.5) is 8.78 Å². The molecule has 0 amide bonds. The summed E-state index contributed by atoms with van der Waals surface area (Å²) in [4.78, 5) is 12.1. The molecule has 0 fully saturated rings. The highest BCUT2D eigenvalue weighted by atomic mass is 32.1. The smallest absolute Gasteiger partial charge is 0.153 e. The lowest BCUT2D eigenvalue weighted by Crippen LogP contribution is -1.99. The van der Waals surface area contributed by atoms with Gasteiger partial charge < -0.3 is 0 Å². The molecule has 0 N–H and O–H groups in total. The normalized spacial score (nSPS) is 10.8. The molecule has 3 rings (SSSR count). The number of hydrogen-bond acceptors (Lipinski definition) is 3. The first kappa shape index (κ1) is 13.6. The van der Waals surface area contributed by atoms with Crippen LogP contribution < -0.4 is 0 Å². The Hall–Kier alpha value is -2.34. The van der Waals surface area contributed by atoms with Crippen LogP contribution in [0.1, 0.15) is 15.9 Å². The Kier molecular flexibility index (Phi) is 3.39. The van der Waals surface area contributed by atoms with Crippen molar-refractivity contribution in [1.82, 2.24) is 9.78 Å². The Balaban J connectivity index is 2.16. The van der Waals surface area contributed by atoms with Crippen LogP contribution in [0.3, 0.4) is 0 Å². The van der Waals surface area contributed by atoms with Crippen molar-refractivity contribution < 1.29 is 13.6 Å². The minimum Gasteiger partial charge on any atom is -0.298 e. The Morgan fingerprint density at radius 1 is 1.29 bits per heavy atom. The maximum absolute atomic E-state index is 13.8. The Labute approximate surface area is 123 Å². The number of rotatable bonds is 3. The van der Waals surface area contributed by atoms with E-state index in [1.54, 1.807) is 0 Å². The van der Waals surface area contributed by atoms with E-state index in [9.17, 15) is 13.6 Å². The van der Waals surface area contributed by atoms with Gasteiger partial charge in [0, 0.05) is 12.3 Å². The number of thiophene rings is 1. The maximum Gasteiger partial charge on any atom is 0.153 e. The van der Waals surface area contributed by atoms with Crippen molar-refractivity contribution in [2.75, 3.05) is 0 Å². The van der Waals surface area contributed by atoms with Crippen LogP contribution in [0.25, 0.3) is 16.3 Å². The molecular weight excluding hydrogens is 294 g/mol. The van der Waals surface area contributed by atoms with E-state index in [1.807, 2.05) is 18.4 Å². The molecule has 0 saturated heterocycles. The molecule has 0 aliphatic rings. The topological polar surface area (TPSA) is 34.9 Å². The standard InChI is InChI=1S/C15H10F2N2OS/c1-9-4-5-21-15(9)14-10(8-20)7-19(18-14)13-3-2-11(16)6-12(13)17/h2-8H,1H3. The van der Waals surface area contributed by atoms with Crippen molar-refractivity contribution in [1.29, 1.82) is 0 Å². The van der Waals surface area contributed by atoms with Gasteiger partial charge >= 0.3 is 0 Å². The number of aromatic nitrogens is 2. The van der Waals surface area contributed by atoms with Gasteiger partial charge in [-0.2, -0.15) is 5.10 Å². The van der Waals surface area contributed by atoms with Crippen LogP contribution >= 0.6 is 11.3 Å². The first-order valence-corrected chi connectivity index (χ1v) is 7.03. The molecule has 1 aromatic carbocycles. The minimum atomic E-state index is -0.732. The van der Waals surface area contributed by atoms with Crippen LogP contribution in [0.5, 0.6) is 0 Å². The molecular formula is C15H10F2N2OS. The third kappa shape index (κ3) is 2.38. The largest absolute Gasteiger partial charge is 0.298 e. The lowest BCUT2D eigenvalue weighted by atomic mass is 10.2. The van der Waals surface area contributed by atoms with E-state index in [4.69, 9.17) is 0 Å². The quantitative estimate of drug-likeness (QED) is 0.686. The van der Waals surface area contributed by atoms with Crippen LogP contribution in [0.15, 0.2) is 35.8 Å². The first-order valence-electron chi connectivity index (χ1n) is 6.15. The molecule has 0 radical (unpaired) electrons. The average Bonchev–Trinajstić information content (AvgIpc) is 3.04. The number of hydrogen-bond donors (Lipinski definition) is 0. The van der Waals surface area contributed by atoms with Gasteiger partial charge in [-0.25, -0.2) is 13.5 Å². The van der Waals surface area contributed by atoms with Crippen LogP contribution in [-0.2, 0) is 0 Å². The summed E-state index contributed by atoms with van der Waals surface area (Å²) in [5.41, 5.74) is 1.96. The number of aryl methyl sites for hydroxylation is 1. The minimum absolute atomic E-state index is 0.0972. The van der Waals surface area contributed by atoms with Gasteiger partial charge in [0.15, 0.2) is 12.1 Å². The second kappa shape index (κ2) is 5.21. The third-order valence-corrected chi connectivity index (χ3v) is 4.13. The summed E-state index contributed by atoms with van der Waals surface area (Å²) in [6, 6.07) is 5.15. The number of carbonyl (C=O) groups is 1. The zero-order valence-corrected chi connectivity index (χ0v) is 11.8. The van der Waals surface area contributed by atoms with Crippen LogP contribution in [-0.4, -0.2) is 16.1 Å². The molecule has 0 unspecified atom stereocenters. The van der Waals surface area contributed by atoms with E-state index < -0.39 is 11.6 Å². The number of halogens is 2. The van der Waals surface area contributed by atoms with Gasteiger partial charge in [0.05, 0.1) is 10.4 Å². The summed E-state index contributed by atoms with van der Waals surface area (Å²) in [6.07, 6.45) is 2.12. The van der Waals surface area contributed by atoms with Crippen molar-refractivity contribution in [3.05, 3.63) is 58.6 Å². The second-order valence-electron chi connectivity index (χ2n) is 4.52. The highest BCUT2D eigenvalue weighted by molar-refractivity contribution is 7.13. The number of benzene rings is 1. The lowest BCUT2D eigenvalue weighted by Gasteiger charge is -2.02. The maximum atomic E-state index is 13.8. The highest BCUT2D eigenvalue weighted by Crippen LogP contribution is 2.30. The monoisotopic (exact) mass is 304 g/mol. The fourth-order valence-electron chi connectivity index (χ4n) is 2.06. The molecule has 2 heterocycles. The highest BCUT2D eigenvalue weighted by Gasteiger charge is 2.16. The molecule has 0 saturated carbocycles. The van der Waals surface area contributed by atoms with Crippen molar-refractivity contribution in [3.63, 3.8) is 0 Å². The zero-order chi connectivity index (χ0) is 15.0. The summed E-state index contributed by atoms with van der Waals surface area (Å²) >= 11 is 1.46. The Morgan fingerprint density at radius 2 is 2.10 bits per heavy atom. The van der Waals surface area contributed by atoms with E-state index in [1.165, 1.54) is 28.3 Å². The van der Waals surface area contributed by atoms with Crippen LogP contribution in [0, 0.1) is 18.6 Å². The Morgan fingerprint density at radius 3 is 2.71 bits per heavy atom. The molecule has 0 aliphatic heterocycles. The zero-order valence-electron chi connectivity index (χ0n) is 11.0. The molecule has 0 atom stereocenters. The van der Waals surface area contributed by atoms with Crippen molar-refractivity contribution in [3.8, 4) is 16.3 Å². The third-order valence-electron chi connectivity index (χ3n) is 3.10. The van der Waals surface area contributed by atoms with Gasteiger partial charge in [-0.3, -0.25) is 4.79 Å². The van der Waals surface area contributed by atoms with Gasteiger partial charge in [-0.05, 0) is 36.1 Å². The van der Waals surface area contributed by atoms with Gasteiger partial charge in [-0.15, -0.1) is 11.3 Å². The molecule has 0 spiro atoms. The predicted molar refractivity (Wildman–Crippen MR) is 76.9 cm³/mol. The van der Waals surface area contributed by atoms with Crippen molar-refractivity contribution >= 4 is 17.6 Å². The van der Waals surface area contributed by atoms with E-state index >= 15 is 0 Å². The summed E-state index contributed by atoms with van der Waals surface area (Å²) in [5.74, 6) is -1.39. The molecule has 106 valence electrons. The molecule has 0 aliphatic carbocycles. The Bertz CT molecular complexity index is 823. The van der Waals surface area contributed by atoms with Crippen molar-refractivity contribution in [2.24, 2.45) is 0 Å². The second-order valence-corrected chi connectivity index (χ2v) is 5.44. The van der Waals surface area contributed by atoms with Gasteiger partial charge in [0.25, 0.3) is 0 Å². The molecule has 0 bridgehead atoms. The summed E-state index contributed by atoms with van der Waals surface area (Å²) < 4.78 is 28.0. The fourth-order valence-corrected chi connectivity index (χ4v) is 2.99. The number of aldehydes is 1. The molecule has 3 aromatic rings. The van der Waals surface area contributed by atoms with Gasteiger partial charge in [0.1, 0.15) is 17.2 Å². The van der Waals surface area contributed by atoms with Gasteiger partial charge in [-0.1, -0.05) is 0 Å². The van der Waals surface area contributed by atoms with Crippen molar-refractivity contribution in [2.45, 2.75) is 6.92 Å². The first-order chi connectivity index (χ1) is 10.1. The van der Waals surface area contributed by atoms with E-state index in [2.05, 4.69) is 5.10 Å². The molecule has 2 aromatic heterocycles. The summed E-state index contributed by atoms with van der Waals surface area (Å²) in [6.45, 7) is 1.91. The summed E-state index contributed by atoms with van der Waals surface area (Å²) in [7, 11) is 0. The van der Waals surface area contributed by atoms with E-state index in [-0.39, 0.29) is 5.69 Å². The predicted octanol–water partition coefficient (Wildman–Crippen LogP) is 4.00. The molecule has 3 nitrogen and oxygen atoms in total. The number of nitrogens with zero attached hydrogens (tertiary/aromatic N) is 2. The number of carbonyl (C=O) groups excluding carboxylic acids is 1. The van der Waals surface area contributed by atoms with Gasteiger partial charge in [0.2, 0.25) is 0 Å².